The minimum absolute atomic E-state index is 0.00128. The van der Waals surface area contributed by atoms with Gasteiger partial charge in [-0.15, -0.1) is 0 Å². The first-order valence-electron chi connectivity index (χ1n) is 8.43. The van der Waals surface area contributed by atoms with Gasteiger partial charge >= 0.3 is 0 Å². The molecule has 2 N–H and O–H groups in total. The summed E-state index contributed by atoms with van der Waals surface area (Å²) in [5, 5.41) is 16.3. The molecule has 0 aromatic heterocycles. The largest absolute Gasteiger partial charge is 0.376 e. The number of nitro benzene ring substituents is 1. The minimum atomic E-state index is -0.765. The van der Waals surface area contributed by atoms with Crippen LogP contribution < -0.4 is 10.6 Å². The highest BCUT2D eigenvalue weighted by Gasteiger charge is 2.27. The number of halogens is 1. The minimum Gasteiger partial charge on any atom is -0.376 e. The van der Waals surface area contributed by atoms with Crippen LogP contribution in [-0.4, -0.2) is 42.0 Å². The van der Waals surface area contributed by atoms with E-state index in [0.717, 1.165) is 18.9 Å². The van der Waals surface area contributed by atoms with Crippen molar-refractivity contribution in [3.05, 3.63) is 38.9 Å². The van der Waals surface area contributed by atoms with Crippen LogP contribution in [0.2, 0.25) is 5.02 Å². The Kier molecular flexibility index (Phi) is 6.93. The lowest BCUT2D eigenvalue weighted by Crippen LogP contribution is -2.50. The molecular weight excluding hydrogens is 362 g/mol. The van der Waals surface area contributed by atoms with Crippen molar-refractivity contribution >= 4 is 29.1 Å². The Balaban J connectivity index is 2.04. The van der Waals surface area contributed by atoms with E-state index < -0.39 is 16.9 Å². The van der Waals surface area contributed by atoms with Crippen molar-refractivity contribution in [1.82, 2.24) is 10.6 Å². The maximum atomic E-state index is 12.4. The van der Waals surface area contributed by atoms with Gasteiger partial charge in [-0.05, 0) is 30.9 Å². The van der Waals surface area contributed by atoms with Gasteiger partial charge in [-0.1, -0.05) is 25.4 Å². The van der Waals surface area contributed by atoms with E-state index >= 15 is 0 Å². The van der Waals surface area contributed by atoms with Gasteiger partial charge in [-0.2, -0.15) is 0 Å². The molecule has 0 bridgehead atoms. The fourth-order valence-corrected chi connectivity index (χ4v) is 2.87. The molecule has 1 aromatic rings. The molecule has 1 saturated heterocycles. The normalized spacial score (nSPS) is 17.8. The summed E-state index contributed by atoms with van der Waals surface area (Å²) >= 11 is 5.76. The van der Waals surface area contributed by atoms with Crippen LogP contribution in [0, 0.1) is 16.0 Å². The average molecular weight is 384 g/mol. The second kappa shape index (κ2) is 8.95. The molecule has 1 fully saturated rings. The average Bonchev–Trinajstić information content (AvgIpc) is 3.10. The van der Waals surface area contributed by atoms with Crippen LogP contribution in [-0.2, 0) is 9.53 Å². The number of ether oxygens (including phenoxy) is 1. The zero-order chi connectivity index (χ0) is 19.3. The number of hydrogen-bond acceptors (Lipinski definition) is 5. The number of benzene rings is 1. The highest BCUT2D eigenvalue weighted by Crippen LogP contribution is 2.25. The van der Waals surface area contributed by atoms with Gasteiger partial charge in [0.25, 0.3) is 11.6 Å². The number of amides is 2. The Morgan fingerprint density at radius 2 is 2.15 bits per heavy atom. The summed E-state index contributed by atoms with van der Waals surface area (Å²) in [5.74, 6) is -1.05. The number of hydrogen-bond donors (Lipinski definition) is 2. The molecule has 142 valence electrons. The molecule has 2 amide bonds. The molecule has 1 heterocycles. The third kappa shape index (κ3) is 5.15. The van der Waals surface area contributed by atoms with E-state index in [4.69, 9.17) is 16.3 Å². The summed E-state index contributed by atoms with van der Waals surface area (Å²) in [7, 11) is 0. The van der Waals surface area contributed by atoms with Crippen molar-refractivity contribution in [3.63, 3.8) is 0 Å². The molecule has 8 nitrogen and oxygen atoms in total. The number of nitrogens with one attached hydrogen (secondary N) is 2. The van der Waals surface area contributed by atoms with E-state index in [0.29, 0.717) is 13.2 Å². The lowest BCUT2D eigenvalue weighted by molar-refractivity contribution is -0.384. The van der Waals surface area contributed by atoms with Crippen molar-refractivity contribution < 1.29 is 19.2 Å². The van der Waals surface area contributed by atoms with Crippen LogP contribution in [0.3, 0.4) is 0 Å². The van der Waals surface area contributed by atoms with Gasteiger partial charge in [0.1, 0.15) is 11.1 Å². The number of nitro groups is 1. The number of carbonyl (C=O) groups excluding carboxylic acids is 2. The predicted molar refractivity (Wildman–Crippen MR) is 96.2 cm³/mol. The maximum Gasteiger partial charge on any atom is 0.288 e. The van der Waals surface area contributed by atoms with Crippen LogP contribution in [0.5, 0.6) is 0 Å². The third-order valence-corrected chi connectivity index (χ3v) is 4.49. The van der Waals surface area contributed by atoms with E-state index in [9.17, 15) is 19.7 Å². The summed E-state index contributed by atoms with van der Waals surface area (Å²) in [6, 6.07) is 3.00. The molecule has 1 aliphatic rings. The fraction of sp³-hybridized carbons (Fsp3) is 0.529. The molecule has 1 aromatic carbocycles. The standard InChI is InChI=1S/C17H22ClN3O5/c1-10(2)15(17(23)19-9-12-4-3-7-26-12)20-16(22)11-5-6-13(18)14(8-11)21(24)25/h5-6,8,10,12,15H,3-4,7,9H2,1-2H3,(H,19,23)(H,20,22)/t12-,15-/m0/s1. The topological polar surface area (TPSA) is 111 Å². The smallest absolute Gasteiger partial charge is 0.288 e. The maximum absolute atomic E-state index is 12.4. The molecule has 2 rings (SSSR count). The second-order valence-electron chi connectivity index (χ2n) is 6.50. The Morgan fingerprint density at radius 3 is 2.73 bits per heavy atom. The number of rotatable bonds is 7. The lowest BCUT2D eigenvalue weighted by Gasteiger charge is -2.22. The molecule has 0 aliphatic carbocycles. The van der Waals surface area contributed by atoms with Gasteiger partial charge in [-0.3, -0.25) is 19.7 Å². The van der Waals surface area contributed by atoms with E-state index in [2.05, 4.69) is 10.6 Å². The van der Waals surface area contributed by atoms with Gasteiger partial charge in [0.15, 0.2) is 0 Å². The van der Waals surface area contributed by atoms with Crippen molar-refractivity contribution in [2.24, 2.45) is 5.92 Å². The highest BCUT2D eigenvalue weighted by molar-refractivity contribution is 6.32. The molecule has 0 saturated carbocycles. The van der Waals surface area contributed by atoms with Crippen molar-refractivity contribution in [2.75, 3.05) is 13.2 Å². The van der Waals surface area contributed by atoms with Crippen LogP contribution >= 0.6 is 11.6 Å². The SMILES string of the molecule is CC(C)[C@H](NC(=O)c1ccc(Cl)c([N+](=O)[O-])c1)C(=O)NC[C@@H]1CCCO1. The molecular formula is C17H22ClN3O5. The summed E-state index contributed by atoms with van der Waals surface area (Å²) in [5.41, 5.74) is -0.290. The fourth-order valence-electron chi connectivity index (χ4n) is 2.68. The molecule has 0 unspecified atom stereocenters. The molecule has 0 spiro atoms. The predicted octanol–water partition coefficient (Wildman–Crippen LogP) is 2.30. The van der Waals surface area contributed by atoms with E-state index in [1.807, 2.05) is 0 Å². The van der Waals surface area contributed by atoms with E-state index in [1.165, 1.54) is 12.1 Å². The summed E-state index contributed by atoms with van der Waals surface area (Å²) in [4.78, 5) is 35.2. The zero-order valence-corrected chi connectivity index (χ0v) is 15.4. The molecule has 2 atom stereocenters. The number of carbonyl (C=O) groups is 2. The van der Waals surface area contributed by atoms with Crippen molar-refractivity contribution in [3.8, 4) is 0 Å². The Morgan fingerprint density at radius 1 is 1.42 bits per heavy atom. The lowest BCUT2D eigenvalue weighted by atomic mass is 10.0. The Bertz CT molecular complexity index is 689. The second-order valence-corrected chi connectivity index (χ2v) is 6.91. The van der Waals surface area contributed by atoms with Crippen LogP contribution in [0.4, 0.5) is 5.69 Å². The highest BCUT2D eigenvalue weighted by atomic mass is 35.5. The molecule has 0 radical (unpaired) electrons. The van der Waals surface area contributed by atoms with Gasteiger partial charge in [0, 0.05) is 24.8 Å². The first kappa shape index (κ1) is 20.1. The van der Waals surface area contributed by atoms with Crippen LogP contribution in [0.25, 0.3) is 0 Å². The first-order valence-corrected chi connectivity index (χ1v) is 8.81. The van der Waals surface area contributed by atoms with Crippen molar-refractivity contribution in [1.29, 1.82) is 0 Å². The van der Waals surface area contributed by atoms with Gasteiger partial charge < -0.3 is 15.4 Å². The third-order valence-electron chi connectivity index (χ3n) is 4.17. The monoisotopic (exact) mass is 383 g/mol. The van der Waals surface area contributed by atoms with Crippen LogP contribution in [0.1, 0.15) is 37.0 Å². The molecule has 26 heavy (non-hydrogen) atoms. The van der Waals surface area contributed by atoms with Gasteiger partial charge in [-0.25, -0.2) is 0 Å². The van der Waals surface area contributed by atoms with Crippen molar-refractivity contribution in [2.45, 2.75) is 38.8 Å². The van der Waals surface area contributed by atoms with E-state index in [-0.39, 0.29) is 34.2 Å². The summed E-state index contributed by atoms with van der Waals surface area (Å²) in [6.45, 7) is 4.70. The van der Waals surface area contributed by atoms with E-state index in [1.54, 1.807) is 13.8 Å². The zero-order valence-electron chi connectivity index (χ0n) is 14.7. The summed E-state index contributed by atoms with van der Waals surface area (Å²) in [6.07, 6.45) is 1.87. The Hall–Kier alpha value is -2.19. The van der Waals surface area contributed by atoms with Gasteiger partial charge in [0.05, 0.1) is 11.0 Å². The van der Waals surface area contributed by atoms with Crippen LogP contribution in [0.15, 0.2) is 18.2 Å². The first-order chi connectivity index (χ1) is 12.3. The molecule has 9 heteroatoms. The Labute approximate surface area is 156 Å². The number of nitrogens with zero attached hydrogens (tertiary/aromatic N) is 1. The quantitative estimate of drug-likeness (QED) is 0.554. The van der Waals surface area contributed by atoms with Gasteiger partial charge in [0.2, 0.25) is 5.91 Å². The summed E-state index contributed by atoms with van der Waals surface area (Å²) < 4.78 is 5.46. The molecule has 1 aliphatic heterocycles.